The molecule has 1 aromatic carbocycles. The highest BCUT2D eigenvalue weighted by Gasteiger charge is 2.25. The molecule has 6 nitrogen and oxygen atoms in total. The molecular formula is C23H27N5OS. The van der Waals surface area contributed by atoms with E-state index >= 15 is 0 Å². The van der Waals surface area contributed by atoms with E-state index in [9.17, 15) is 0 Å². The predicted molar refractivity (Wildman–Crippen MR) is 122 cm³/mol. The number of benzene rings is 1. The first-order valence-corrected chi connectivity index (χ1v) is 11.6. The van der Waals surface area contributed by atoms with Gasteiger partial charge in [-0.2, -0.15) is 0 Å². The Kier molecular flexibility index (Phi) is 5.53. The lowest BCUT2D eigenvalue weighted by Gasteiger charge is -2.32. The van der Waals surface area contributed by atoms with Gasteiger partial charge in [0.2, 0.25) is 0 Å². The van der Waals surface area contributed by atoms with Crippen LogP contribution in [0.25, 0.3) is 11.3 Å². The van der Waals surface area contributed by atoms with Crippen molar-refractivity contribution in [2.45, 2.75) is 31.6 Å². The number of hydrogen-bond acceptors (Lipinski definition) is 7. The molecule has 0 unspecified atom stereocenters. The fourth-order valence-electron chi connectivity index (χ4n) is 4.44. The van der Waals surface area contributed by atoms with Gasteiger partial charge in [0.15, 0.2) is 0 Å². The van der Waals surface area contributed by atoms with E-state index in [1.165, 1.54) is 17.8 Å². The number of para-hydroxylation sites is 1. The van der Waals surface area contributed by atoms with Gasteiger partial charge in [0.25, 0.3) is 0 Å². The molecule has 2 aliphatic heterocycles. The molecule has 30 heavy (non-hydrogen) atoms. The van der Waals surface area contributed by atoms with Gasteiger partial charge in [-0.15, -0.1) is 11.3 Å². The first kappa shape index (κ1) is 19.3. The lowest BCUT2D eigenvalue weighted by molar-refractivity contribution is 0.416. The Morgan fingerprint density at radius 2 is 1.67 bits per heavy atom. The Hall–Kier alpha value is -2.67. The summed E-state index contributed by atoms with van der Waals surface area (Å²) in [5.74, 6) is 3.51. The highest BCUT2D eigenvalue weighted by atomic mass is 32.1. The maximum absolute atomic E-state index is 5.51. The zero-order valence-electron chi connectivity index (χ0n) is 17.3. The van der Waals surface area contributed by atoms with Gasteiger partial charge in [0, 0.05) is 49.1 Å². The van der Waals surface area contributed by atoms with Crippen LogP contribution >= 0.6 is 11.3 Å². The van der Waals surface area contributed by atoms with Crippen molar-refractivity contribution in [3.05, 3.63) is 47.0 Å². The molecule has 0 saturated carbocycles. The summed E-state index contributed by atoms with van der Waals surface area (Å²) in [4.78, 5) is 18.8. The topological polar surface area (TPSA) is 54.4 Å². The van der Waals surface area contributed by atoms with Gasteiger partial charge < -0.3 is 14.5 Å². The lowest BCUT2D eigenvalue weighted by atomic mass is 9.97. The molecule has 0 spiro atoms. The maximum atomic E-state index is 5.51. The molecule has 0 radical (unpaired) electrons. The van der Waals surface area contributed by atoms with Gasteiger partial charge in [0.1, 0.15) is 23.7 Å². The Bertz CT molecular complexity index is 993. The summed E-state index contributed by atoms with van der Waals surface area (Å²) in [6.07, 6.45) is 6.43. The molecule has 4 heterocycles. The van der Waals surface area contributed by atoms with Crippen LogP contribution in [0.5, 0.6) is 5.75 Å². The second-order valence-electron chi connectivity index (χ2n) is 7.96. The van der Waals surface area contributed by atoms with Crippen LogP contribution in [-0.2, 0) is 0 Å². The van der Waals surface area contributed by atoms with E-state index in [2.05, 4.69) is 37.3 Å². The molecule has 156 valence electrons. The van der Waals surface area contributed by atoms with Gasteiger partial charge in [0.05, 0.1) is 17.8 Å². The monoisotopic (exact) mass is 421 g/mol. The average Bonchev–Trinajstić information content (AvgIpc) is 3.52. The minimum atomic E-state index is 0.509. The maximum Gasteiger partial charge on any atom is 0.134 e. The van der Waals surface area contributed by atoms with Crippen molar-refractivity contribution < 1.29 is 4.74 Å². The molecule has 5 rings (SSSR count). The minimum absolute atomic E-state index is 0.509. The quantitative estimate of drug-likeness (QED) is 0.600. The van der Waals surface area contributed by atoms with E-state index in [0.29, 0.717) is 5.92 Å². The third kappa shape index (κ3) is 3.86. The van der Waals surface area contributed by atoms with Gasteiger partial charge in [-0.3, -0.25) is 0 Å². The Labute approximate surface area is 181 Å². The summed E-state index contributed by atoms with van der Waals surface area (Å²) < 4.78 is 5.51. The Balaban J connectivity index is 1.26. The molecule has 2 aliphatic rings. The van der Waals surface area contributed by atoms with Crippen LogP contribution in [0.1, 0.15) is 36.6 Å². The normalized spacial score (nSPS) is 17.5. The van der Waals surface area contributed by atoms with Crippen molar-refractivity contribution in [1.29, 1.82) is 0 Å². The molecule has 7 heteroatoms. The predicted octanol–water partition coefficient (Wildman–Crippen LogP) is 4.59. The number of methoxy groups -OCH3 is 1. The zero-order valence-corrected chi connectivity index (χ0v) is 18.1. The molecule has 0 N–H and O–H groups in total. The summed E-state index contributed by atoms with van der Waals surface area (Å²) in [5, 5.41) is 3.39. The van der Waals surface area contributed by atoms with Gasteiger partial charge >= 0.3 is 0 Å². The van der Waals surface area contributed by atoms with Crippen molar-refractivity contribution >= 4 is 23.0 Å². The molecule has 2 fully saturated rings. The van der Waals surface area contributed by atoms with E-state index < -0.39 is 0 Å². The number of rotatable bonds is 5. The van der Waals surface area contributed by atoms with Crippen LogP contribution in [-0.4, -0.2) is 48.2 Å². The summed E-state index contributed by atoms with van der Waals surface area (Å²) >= 11 is 1.77. The van der Waals surface area contributed by atoms with Gasteiger partial charge in [-0.25, -0.2) is 15.0 Å². The Morgan fingerprint density at radius 1 is 0.967 bits per heavy atom. The zero-order chi connectivity index (χ0) is 20.3. The molecular weight excluding hydrogens is 394 g/mol. The first-order valence-electron chi connectivity index (χ1n) is 10.7. The molecule has 3 aromatic rings. The number of thiazole rings is 1. The number of ether oxygens (including phenoxy) is 1. The number of aromatic nitrogens is 3. The number of piperidine rings is 1. The summed E-state index contributed by atoms with van der Waals surface area (Å²) in [6, 6.07) is 10.3. The molecule has 0 aliphatic carbocycles. The molecule has 0 atom stereocenters. The average molecular weight is 422 g/mol. The smallest absolute Gasteiger partial charge is 0.134 e. The SMILES string of the molecule is COc1ccccc1-c1csc(C2CCN(c3cc(N4CCCC4)ncn3)CC2)n1. The fraction of sp³-hybridized carbons (Fsp3) is 0.435. The van der Waals surface area contributed by atoms with Crippen molar-refractivity contribution in [2.24, 2.45) is 0 Å². The fourth-order valence-corrected chi connectivity index (χ4v) is 5.43. The summed E-state index contributed by atoms with van der Waals surface area (Å²) in [5.41, 5.74) is 2.08. The van der Waals surface area contributed by atoms with E-state index in [1.807, 2.05) is 18.2 Å². The van der Waals surface area contributed by atoms with Crippen molar-refractivity contribution in [3.8, 4) is 17.0 Å². The standard InChI is InChI=1S/C23H27N5OS/c1-29-20-7-3-2-6-18(20)19-15-30-23(26-19)17-8-12-28(13-9-17)22-14-21(24-16-25-22)27-10-4-5-11-27/h2-3,6-7,14-17H,4-5,8-13H2,1H3. The van der Waals surface area contributed by atoms with Crippen LogP contribution < -0.4 is 14.5 Å². The van der Waals surface area contributed by atoms with E-state index in [-0.39, 0.29) is 0 Å². The van der Waals surface area contributed by atoms with E-state index in [1.54, 1.807) is 24.8 Å². The third-order valence-corrected chi connectivity index (χ3v) is 7.15. The van der Waals surface area contributed by atoms with Crippen LogP contribution in [0.3, 0.4) is 0 Å². The van der Waals surface area contributed by atoms with Crippen LogP contribution in [0, 0.1) is 0 Å². The Morgan fingerprint density at radius 3 is 2.40 bits per heavy atom. The summed E-state index contributed by atoms with van der Waals surface area (Å²) in [7, 11) is 1.71. The lowest BCUT2D eigenvalue weighted by Crippen LogP contribution is -2.33. The van der Waals surface area contributed by atoms with Crippen molar-refractivity contribution in [2.75, 3.05) is 43.1 Å². The van der Waals surface area contributed by atoms with Gasteiger partial charge in [-0.1, -0.05) is 12.1 Å². The third-order valence-electron chi connectivity index (χ3n) is 6.14. The van der Waals surface area contributed by atoms with Crippen molar-refractivity contribution in [3.63, 3.8) is 0 Å². The number of hydrogen-bond donors (Lipinski definition) is 0. The minimum Gasteiger partial charge on any atom is -0.496 e. The molecule has 2 saturated heterocycles. The van der Waals surface area contributed by atoms with Crippen LogP contribution in [0.2, 0.25) is 0 Å². The number of nitrogens with zero attached hydrogens (tertiary/aromatic N) is 5. The molecule has 0 amide bonds. The second-order valence-corrected chi connectivity index (χ2v) is 8.85. The van der Waals surface area contributed by atoms with Crippen molar-refractivity contribution in [1.82, 2.24) is 15.0 Å². The van der Waals surface area contributed by atoms with E-state index in [4.69, 9.17) is 9.72 Å². The largest absolute Gasteiger partial charge is 0.496 e. The highest BCUT2D eigenvalue weighted by Crippen LogP contribution is 2.36. The molecule has 2 aromatic heterocycles. The highest BCUT2D eigenvalue weighted by molar-refractivity contribution is 7.10. The summed E-state index contributed by atoms with van der Waals surface area (Å²) in [6.45, 7) is 4.23. The van der Waals surface area contributed by atoms with Crippen LogP contribution in [0.15, 0.2) is 42.0 Å². The molecule has 0 bridgehead atoms. The van der Waals surface area contributed by atoms with Gasteiger partial charge in [-0.05, 0) is 37.8 Å². The first-order chi connectivity index (χ1) is 14.8. The second kappa shape index (κ2) is 8.60. The number of anilines is 2. The van der Waals surface area contributed by atoms with E-state index in [0.717, 1.165) is 67.7 Å². The van der Waals surface area contributed by atoms with Crippen LogP contribution in [0.4, 0.5) is 11.6 Å².